The second-order valence-corrected chi connectivity index (χ2v) is 6.44. The summed E-state index contributed by atoms with van der Waals surface area (Å²) < 4.78 is 39.7. The Balaban J connectivity index is 2.40. The summed E-state index contributed by atoms with van der Waals surface area (Å²) in [5.41, 5.74) is 0.248. The van der Waals surface area contributed by atoms with E-state index < -0.39 is 11.7 Å². The maximum atomic E-state index is 13.2. The van der Waals surface area contributed by atoms with Crippen molar-refractivity contribution < 1.29 is 13.2 Å². The fourth-order valence-electron chi connectivity index (χ4n) is 2.80. The molecule has 2 rings (SSSR count). The second-order valence-electron chi connectivity index (χ2n) is 6.17. The first-order valence-electron chi connectivity index (χ1n) is 6.74. The zero-order valence-corrected chi connectivity index (χ0v) is 12.5. The van der Waals surface area contributed by atoms with Crippen molar-refractivity contribution in [1.29, 1.82) is 0 Å². The molecule has 0 saturated carbocycles. The van der Waals surface area contributed by atoms with Crippen molar-refractivity contribution in [2.45, 2.75) is 38.7 Å². The highest BCUT2D eigenvalue weighted by Gasteiger charge is 2.37. The molecule has 0 radical (unpaired) electrons. The van der Waals surface area contributed by atoms with E-state index in [0.717, 1.165) is 12.8 Å². The van der Waals surface area contributed by atoms with Crippen LogP contribution in [0.2, 0.25) is 0 Å². The predicted molar refractivity (Wildman–Crippen MR) is 76.2 cm³/mol. The third-order valence-corrected chi connectivity index (χ3v) is 4.07. The Kier molecular flexibility index (Phi) is 4.24. The number of halogens is 4. The number of hydrogen-bond acceptors (Lipinski definition) is 1. The summed E-state index contributed by atoms with van der Waals surface area (Å²) in [4.78, 5) is 1.85. The van der Waals surface area contributed by atoms with E-state index in [2.05, 4.69) is 13.8 Å². The van der Waals surface area contributed by atoms with E-state index in [1.54, 1.807) is 12.1 Å². The Hall–Kier alpha value is -0.900. The van der Waals surface area contributed by atoms with E-state index in [4.69, 9.17) is 11.6 Å². The molecule has 0 unspecified atom stereocenters. The number of piperidine rings is 1. The Labute approximate surface area is 122 Å². The van der Waals surface area contributed by atoms with Gasteiger partial charge in [-0.15, -0.1) is 11.6 Å². The average Bonchev–Trinajstić information content (AvgIpc) is 2.35. The van der Waals surface area contributed by atoms with E-state index >= 15 is 0 Å². The van der Waals surface area contributed by atoms with E-state index in [9.17, 15) is 13.2 Å². The topological polar surface area (TPSA) is 3.24 Å². The molecule has 0 bridgehead atoms. The number of nitrogens with zero attached hydrogens (tertiary/aromatic N) is 1. The molecule has 1 aromatic rings. The van der Waals surface area contributed by atoms with Crippen LogP contribution in [0.1, 0.15) is 37.8 Å². The second kappa shape index (κ2) is 5.47. The van der Waals surface area contributed by atoms with Gasteiger partial charge in [0.05, 0.1) is 5.56 Å². The Morgan fingerprint density at radius 2 is 2.00 bits per heavy atom. The highest BCUT2D eigenvalue weighted by Crippen LogP contribution is 2.40. The van der Waals surface area contributed by atoms with Crippen LogP contribution in [0.4, 0.5) is 18.9 Å². The van der Waals surface area contributed by atoms with Gasteiger partial charge in [-0.1, -0.05) is 19.9 Å². The summed E-state index contributed by atoms with van der Waals surface area (Å²) in [6, 6.07) is 4.41. The van der Waals surface area contributed by atoms with Crippen LogP contribution in [0, 0.1) is 5.41 Å². The third-order valence-electron chi connectivity index (χ3n) is 3.76. The number of anilines is 1. The Bertz CT molecular complexity index is 482. The largest absolute Gasteiger partial charge is 0.418 e. The number of hydrogen-bond donors (Lipinski definition) is 0. The first kappa shape index (κ1) is 15.5. The van der Waals surface area contributed by atoms with Crippen LogP contribution < -0.4 is 4.90 Å². The first-order chi connectivity index (χ1) is 9.23. The van der Waals surface area contributed by atoms with Crippen LogP contribution in [0.3, 0.4) is 0 Å². The fourth-order valence-corrected chi connectivity index (χ4v) is 2.96. The summed E-state index contributed by atoms with van der Waals surface area (Å²) in [6.07, 6.45) is -2.38. The van der Waals surface area contributed by atoms with E-state index in [-0.39, 0.29) is 17.0 Å². The molecule has 1 saturated heterocycles. The van der Waals surface area contributed by atoms with Gasteiger partial charge in [0.1, 0.15) is 0 Å². The Morgan fingerprint density at radius 3 is 2.55 bits per heavy atom. The lowest BCUT2D eigenvalue weighted by atomic mass is 9.83. The summed E-state index contributed by atoms with van der Waals surface area (Å²) in [5, 5.41) is 0. The molecule has 0 aliphatic carbocycles. The van der Waals surface area contributed by atoms with Gasteiger partial charge in [-0.3, -0.25) is 0 Å². The molecule has 1 aliphatic rings. The molecule has 1 aliphatic heterocycles. The van der Waals surface area contributed by atoms with Crippen molar-refractivity contribution in [2.75, 3.05) is 18.0 Å². The van der Waals surface area contributed by atoms with Gasteiger partial charge in [-0.05, 0) is 36.0 Å². The predicted octanol–water partition coefficient (Wildman–Crippen LogP) is 5.07. The molecule has 1 aromatic carbocycles. The van der Waals surface area contributed by atoms with Gasteiger partial charge in [0.2, 0.25) is 0 Å². The van der Waals surface area contributed by atoms with Gasteiger partial charge >= 0.3 is 6.18 Å². The molecule has 0 N–H and O–H groups in total. The zero-order valence-electron chi connectivity index (χ0n) is 11.7. The minimum atomic E-state index is -4.35. The zero-order chi connectivity index (χ0) is 15.0. The first-order valence-corrected chi connectivity index (χ1v) is 7.27. The van der Waals surface area contributed by atoms with Gasteiger partial charge in [0.15, 0.2) is 0 Å². The van der Waals surface area contributed by atoms with Crippen LogP contribution in [-0.4, -0.2) is 13.1 Å². The molecular weight excluding hydrogens is 287 g/mol. The fraction of sp³-hybridized carbons (Fsp3) is 0.600. The molecule has 0 amide bonds. The molecular formula is C15H19ClF3N. The lowest BCUT2D eigenvalue weighted by Crippen LogP contribution is -2.41. The van der Waals surface area contributed by atoms with Gasteiger partial charge in [0.25, 0.3) is 0 Å². The number of alkyl halides is 4. The van der Waals surface area contributed by atoms with Crippen molar-refractivity contribution in [3.63, 3.8) is 0 Å². The van der Waals surface area contributed by atoms with Crippen molar-refractivity contribution in [2.24, 2.45) is 5.41 Å². The SMILES string of the molecule is CC1(C)CCCN(c2ccc(CCl)cc2C(F)(F)F)C1. The number of benzene rings is 1. The number of rotatable bonds is 2. The monoisotopic (exact) mass is 305 g/mol. The summed E-state index contributed by atoms with van der Waals surface area (Å²) >= 11 is 5.65. The van der Waals surface area contributed by atoms with E-state index in [1.807, 2.05) is 4.90 Å². The molecule has 0 aromatic heterocycles. The lowest BCUT2D eigenvalue weighted by molar-refractivity contribution is -0.137. The van der Waals surface area contributed by atoms with Gasteiger partial charge in [0, 0.05) is 24.7 Å². The molecule has 1 heterocycles. The van der Waals surface area contributed by atoms with Gasteiger partial charge in [-0.25, -0.2) is 0 Å². The van der Waals surface area contributed by atoms with Crippen LogP contribution in [0.15, 0.2) is 18.2 Å². The molecule has 112 valence electrons. The summed E-state index contributed by atoms with van der Waals surface area (Å²) in [7, 11) is 0. The lowest BCUT2D eigenvalue weighted by Gasteiger charge is -2.40. The smallest absolute Gasteiger partial charge is 0.371 e. The highest BCUT2D eigenvalue weighted by molar-refractivity contribution is 6.17. The summed E-state index contributed by atoms with van der Waals surface area (Å²) in [5.74, 6) is 0.0921. The van der Waals surface area contributed by atoms with Gasteiger partial charge < -0.3 is 4.90 Å². The normalized spacial score (nSPS) is 19.2. The standard InChI is InChI=1S/C15H19ClF3N/c1-14(2)6-3-7-20(10-14)13-5-4-11(9-16)8-12(13)15(17,18)19/h4-5,8H,3,6-7,9-10H2,1-2H3. The molecule has 1 nitrogen and oxygen atoms in total. The highest BCUT2D eigenvalue weighted by atomic mass is 35.5. The maximum absolute atomic E-state index is 13.2. The van der Waals surface area contributed by atoms with Crippen LogP contribution in [0.25, 0.3) is 0 Å². The maximum Gasteiger partial charge on any atom is 0.418 e. The van der Waals surface area contributed by atoms with Crippen molar-refractivity contribution in [3.05, 3.63) is 29.3 Å². The van der Waals surface area contributed by atoms with Crippen LogP contribution in [0.5, 0.6) is 0 Å². The molecule has 0 spiro atoms. The van der Waals surface area contributed by atoms with E-state index in [1.165, 1.54) is 6.07 Å². The van der Waals surface area contributed by atoms with Crippen molar-refractivity contribution >= 4 is 17.3 Å². The van der Waals surface area contributed by atoms with E-state index in [0.29, 0.717) is 18.7 Å². The van der Waals surface area contributed by atoms with Gasteiger partial charge in [-0.2, -0.15) is 13.2 Å². The quantitative estimate of drug-likeness (QED) is 0.689. The minimum absolute atomic E-state index is 0.0479. The van der Waals surface area contributed by atoms with Crippen molar-refractivity contribution in [3.8, 4) is 0 Å². The molecule has 5 heteroatoms. The third kappa shape index (κ3) is 3.40. The molecule has 20 heavy (non-hydrogen) atoms. The van der Waals surface area contributed by atoms with Crippen LogP contribution in [-0.2, 0) is 12.1 Å². The molecule has 1 fully saturated rings. The molecule has 0 atom stereocenters. The average molecular weight is 306 g/mol. The van der Waals surface area contributed by atoms with Crippen LogP contribution >= 0.6 is 11.6 Å². The van der Waals surface area contributed by atoms with Crippen molar-refractivity contribution in [1.82, 2.24) is 0 Å². The minimum Gasteiger partial charge on any atom is -0.371 e. The Morgan fingerprint density at radius 1 is 1.30 bits per heavy atom. The summed E-state index contributed by atoms with van der Waals surface area (Å²) in [6.45, 7) is 5.52.